The van der Waals surface area contributed by atoms with E-state index in [1.165, 1.54) is 97.7 Å². The molecule has 0 fully saturated rings. The Morgan fingerprint density at radius 3 is 1.57 bits per heavy atom. The van der Waals surface area contributed by atoms with Gasteiger partial charge < -0.3 is 4.90 Å². The number of anilines is 3. The van der Waals surface area contributed by atoms with E-state index in [0.29, 0.717) is 0 Å². The molecule has 1 aliphatic carbocycles. The first-order chi connectivity index (χ1) is 31.2. The zero-order chi connectivity index (χ0) is 41.5. The van der Waals surface area contributed by atoms with E-state index in [4.69, 9.17) is 0 Å². The third-order valence-electron chi connectivity index (χ3n) is 13.5. The van der Waals surface area contributed by atoms with E-state index in [-0.39, 0.29) is 0 Å². The van der Waals surface area contributed by atoms with Gasteiger partial charge in [0.2, 0.25) is 0 Å². The number of hydrogen-bond acceptors (Lipinski definition) is 2. The summed E-state index contributed by atoms with van der Waals surface area (Å²) in [4.78, 5) is 5.07. The molecule has 1 spiro atoms. The Bertz CT molecular complexity index is 3470. The summed E-state index contributed by atoms with van der Waals surface area (Å²) in [6.45, 7) is 0. The molecule has 11 aromatic rings. The lowest BCUT2D eigenvalue weighted by molar-refractivity contribution is 0.725. The molecule has 0 saturated carbocycles. The smallest absolute Gasteiger partial charge is 0.0736 e. The monoisotopic (exact) mass is 817 g/mol. The van der Waals surface area contributed by atoms with Gasteiger partial charge >= 0.3 is 0 Å². The summed E-state index contributed by atoms with van der Waals surface area (Å²) in [5, 5.41) is 7.82. The molecule has 0 radical (unpaired) electrons. The highest BCUT2D eigenvalue weighted by Gasteiger charge is 2.50. The van der Waals surface area contributed by atoms with Gasteiger partial charge in [0.25, 0.3) is 0 Å². The topological polar surface area (TPSA) is 3.24 Å². The summed E-state index contributed by atoms with van der Waals surface area (Å²) in [5.74, 6) is 0. The molecular formula is C61H39NS. The average molecular weight is 818 g/mol. The molecule has 13 rings (SSSR count). The maximum absolute atomic E-state index is 2.52. The number of fused-ring (bicyclic) bond motifs is 7. The molecule has 2 heteroatoms. The lowest BCUT2D eigenvalue weighted by atomic mass is 9.67. The molecule has 294 valence electrons. The molecule has 0 saturated heterocycles. The van der Waals surface area contributed by atoms with Gasteiger partial charge in [-0.05, 0) is 130 Å². The molecular weight excluding hydrogens is 779 g/mol. The molecule has 1 aliphatic heterocycles. The van der Waals surface area contributed by atoms with Crippen molar-refractivity contribution in [2.75, 3.05) is 4.90 Å². The van der Waals surface area contributed by atoms with Gasteiger partial charge in [-0.2, -0.15) is 0 Å². The summed E-state index contributed by atoms with van der Waals surface area (Å²) in [5.41, 5.74) is 15.4. The summed E-state index contributed by atoms with van der Waals surface area (Å²) in [6, 6.07) is 87.9. The van der Waals surface area contributed by atoms with Crippen LogP contribution in [0.15, 0.2) is 246 Å². The van der Waals surface area contributed by atoms with Crippen molar-refractivity contribution in [1.82, 2.24) is 0 Å². The Hall–Kier alpha value is -7.65. The van der Waals surface area contributed by atoms with E-state index in [9.17, 15) is 0 Å². The normalized spacial score (nSPS) is 13.1. The van der Waals surface area contributed by atoms with Crippen LogP contribution >= 0.6 is 11.8 Å². The number of hydrogen-bond donors (Lipinski definition) is 0. The molecule has 1 nitrogen and oxygen atoms in total. The molecule has 0 atom stereocenters. The average Bonchev–Trinajstić information content (AvgIpc) is 3.66. The van der Waals surface area contributed by atoms with E-state index in [0.717, 1.165) is 17.1 Å². The minimum absolute atomic E-state index is 0.499. The molecule has 63 heavy (non-hydrogen) atoms. The van der Waals surface area contributed by atoms with Crippen LogP contribution in [0.25, 0.3) is 65.7 Å². The van der Waals surface area contributed by atoms with Crippen LogP contribution in [0.2, 0.25) is 0 Å². The van der Waals surface area contributed by atoms with Gasteiger partial charge in [-0.25, -0.2) is 0 Å². The highest BCUT2D eigenvalue weighted by atomic mass is 32.2. The van der Waals surface area contributed by atoms with Gasteiger partial charge in [0.1, 0.15) is 0 Å². The van der Waals surface area contributed by atoms with Crippen molar-refractivity contribution >= 4 is 61.1 Å². The standard InChI is InChI=1S/C61H39NS/c1-3-15-40(16-4-1)46-37-47(41-17-5-2-6-18-41)39-49(38-46)62(48-35-33-43(34-36-48)51-24-11-20-42-19-7-8-23-50(42)51)56-29-14-28-55-60(56)63-57-30-10-9-25-52(57)61(55)53-26-12-21-44-31-32-45-22-13-27-54(61)59(45)58(44)53/h1-39H. The fourth-order valence-corrected chi connectivity index (χ4v) is 12.1. The zero-order valence-corrected chi connectivity index (χ0v) is 35.2. The first-order valence-electron chi connectivity index (χ1n) is 21.7. The fraction of sp³-hybridized carbons (Fsp3) is 0.0164. The van der Waals surface area contributed by atoms with Crippen molar-refractivity contribution in [3.63, 3.8) is 0 Å². The van der Waals surface area contributed by atoms with Crippen LogP contribution < -0.4 is 4.90 Å². The fourth-order valence-electron chi connectivity index (χ4n) is 10.8. The van der Waals surface area contributed by atoms with E-state index < -0.39 is 5.41 Å². The maximum Gasteiger partial charge on any atom is 0.0736 e. The second-order valence-corrected chi connectivity index (χ2v) is 17.8. The molecule has 2 aliphatic rings. The van der Waals surface area contributed by atoms with Gasteiger partial charge in [0.15, 0.2) is 0 Å². The second kappa shape index (κ2) is 14.2. The van der Waals surface area contributed by atoms with E-state index in [1.807, 2.05) is 11.8 Å². The minimum Gasteiger partial charge on any atom is -0.309 e. The van der Waals surface area contributed by atoms with Crippen LogP contribution in [0.5, 0.6) is 0 Å². The Kier molecular flexibility index (Phi) is 8.13. The highest BCUT2D eigenvalue weighted by Crippen LogP contribution is 2.63. The van der Waals surface area contributed by atoms with Gasteiger partial charge in [0.05, 0.1) is 11.1 Å². The zero-order valence-electron chi connectivity index (χ0n) is 34.4. The third-order valence-corrected chi connectivity index (χ3v) is 14.7. The van der Waals surface area contributed by atoms with Crippen LogP contribution in [0.3, 0.4) is 0 Å². The number of nitrogens with zero attached hydrogens (tertiary/aromatic N) is 1. The highest BCUT2D eigenvalue weighted by molar-refractivity contribution is 7.99. The van der Waals surface area contributed by atoms with E-state index >= 15 is 0 Å². The van der Waals surface area contributed by atoms with Crippen LogP contribution in [0, 0.1) is 0 Å². The lowest BCUT2D eigenvalue weighted by Gasteiger charge is -2.41. The van der Waals surface area contributed by atoms with Crippen molar-refractivity contribution < 1.29 is 0 Å². The van der Waals surface area contributed by atoms with Crippen molar-refractivity contribution in [1.29, 1.82) is 0 Å². The van der Waals surface area contributed by atoms with E-state index in [2.05, 4.69) is 241 Å². The summed E-state index contributed by atoms with van der Waals surface area (Å²) in [7, 11) is 0. The van der Waals surface area contributed by atoms with Crippen molar-refractivity contribution in [2.24, 2.45) is 0 Å². The Morgan fingerprint density at radius 1 is 0.333 bits per heavy atom. The Morgan fingerprint density at radius 2 is 0.873 bits per heavy atom. The summed E-state index contributed by atoms with van der Waals surface area (Å²) in [6.07, 6.45) is 0. The minimum atomic E-state index is -0.499. The Balaban J connectivity index is 1.09. The molecule has 0 aromatic heterocycles. The Labute approximate surface area is 371 Å². The molecule has 11 aromatic carbocycles. The molecule has 0 bridgehead atoms. The summed E-state index contributed by atoms with van der Waals surface area (Å²) >= 11 is 1.91. The third kappa shape index (κ3) is 5.45. The molecule has 0 unspecified atom stereocenters. The predicted octanol–water partition coefficient (Wildman–Crippen LogP) is 16.8. The second-order valence-electron chi connectivity index (χ2n) is 16.8. The SMILES string of the molecule is c1ccc(-c2cc(-c3ccccc3)cc(N(c3ccc(-c4cccc5ccccc45)cc3)c3cccc4c3Sc3ccccc3C43c4cccc5ccc6cccc3c6c45)c2)cc1. The van der Waals surface area contributed by atoms with Crippen molar-refractivity contribution in [2.45, 2.75) is 15.2 Å². The molecule has 1 heterocycles. The first kappa shape index (κ1) is 36.0. The predicted molar refractivity (Wildman–Crippen MR) is 266 cm³/mol. The van der Waals surface area contributed by atoms with Gasteiger partial charge in [-0.15, -0.1) is 0 Å². The summed E-state index contributed by atoms with van der Waals surface area (Å²) < 4.78 is 0. The van der Waals surface area contributed by atoms with Crippen LogP contribution in [-0.2, 0) is 5.41 Å². The molecule has 0 N–H and O–H groups in total. The quantitative estimate of drug-likeness (QED) is 0.154. The van der Waals surface area contributed by atoms with Gasteiger partial charge in [-0.1, -0.05) is 206 Å². The lowest BCUT2D eigenvalue weighted by Crippen LogP contribution is -2.32. The van der Waals surface area contributed by atoms with Gasteiger partial charge in [0, 0.05) is 21.2 Å². The maximum atomic E-state index is 2.52. The number of benzene rings is 11. The largest absolute Gasteiger partial charge is 0.309 e. The van der Waals surface area contributed by atoms with Crippen LogP contribution in [0.1, 0.15) is 22.3 Å². The number of rotatable bonds is 6. The van der Waals surface area contributed by atoms with Gasteiger partial charge in [-0.3, -0.25) is 0 Å². The van der Waals surface area contributed by atoms with Crippen LogP contribution in [-0.4, -0.2) is 0 Å². The van der Waals surface area contributed by atoms with Crippen molar-refractivity contribution in [3.05, 3.63) is 259 Å². The first-order valence-corrected chi connectivity index (χ1v) is 22.6. The molecule has 0 amide bonds. The van der Waals surface area contributed by atoms with Crippen molar-refractivity contribution in [3.8, 4) is 33.4 Å². The van der Waals surface area contributed by atoms with Crippen LogP contribution in [0.4, 0.5) is 17.1 Å². The van der Waals surface area contributed by atoms with E-state index in [1.54, 1.807) is 0 Å².